The van der Waals surface area contributed by atoms with E-state index in [-0.39, 0.29) is 5.91 Å². The highest BCUT2D eigenvalue weighted by Gasteiger charge is 2.20. The minimum atomic E-state index is -0.115. The lowest BCUT2D eigenvalue weighted by Crippen LogP contribution is -2.32. The molecular formula is C15H17ClN2O2S. The molecule has 2 heterocycles. The predicted octanol–water partition coefficient (Wildman–Crippen LogP) is 3.29. The van der Waals surface area contributed by atoms with Gasteiger partial charge in [-0.3, -0.25) is 4.79 Å². The predicted molar refractivity (Wildman–Crippen MR) is 87.1 cm³/mol. The van der Waals surface area contributed by atoms with Crippen molar-refractivity contribution in [3.05, 3.63) is 28.1 Å². The molecule has 21 heavy (non-hydrogen) atoms. The molecule has 1 amide bonds. The van der Waals surface area contributed by atoms with Crippen LogP contribution in [-0.2, 0) is 4.74 Å². The number of fused-ring (bicyclic) bond motifs is 1. The van der Waals surface area contributed by atoms with Crippen molar-refractivity contribution >= 4 is 44.6 Å². The van der Waals surface area contributed by atoms with E-state index in [9.17, 15) is 4.79 Å². The van der Waals surface area contributed by atoms with Gasteiger partial charge in [0.05, 0.1) is 10.7 Å². The van der Waals surface area contributed by atoms with Gasteiger partial charge in [-0.05, 0) is 30.9 Å². The van der Waals surface area contributed by atoms with Gasteiger partial charge in [0.2, 0.25) is 0 Å². The monoisotopic (exact) mass is 324 g/mol. The summed E-state index contributed by atoms with van der Waals surface area (Å²) in [5.74, 6) is 0.373. The summed E-state index contributed by atoms with van der Waals surface area (Å²) in [7, 11) is 0. The molecule has 0 atom stereocenters. The molecule has 2 aromatic rings. The molecule has 0 aliphatic carbocycles. The van der Waals surface area contributed by atoms with E-state index in [1.54, 1.807) is 6.07 Å². The summed E-state index contributed by atoms with van der Waals surface area (Å²) in [6.07, 6.45) is 1.99. The lowest BCUT2D eigenvalue weighted by molar-refractivity contribution is 0.0643. The van der Waals surface area contributed by atoms with Crippen LogP contribution < -0.4 is 11.1 Å². The van der Waals surface area contributed by atoms with Gasteiger partial charge in [0.15, 0.2) is 0 Å². The molecule has 1 aliphatic rings. The van der Waals surface area contributed by atoms with Crippen LogP contribution in [0.3, 0.4) is 0 Å². The Bertz CT molecular complexity index is 665. The van der Waals surface area contributed by atoms with Gasteiger partial charge >= 0.3 is 0 Å². The number of halogens is 1. The number of amides is 1. The summed E-state index contributed by atoms with van der Waals surface area (Å²) in [5, 5.41) is 4.35. The second kappa shape index (κ2) is 6.22. The molecule has 1 aromatic carbocycles. The normalized spacial score (nSPS) is 16.2. The number of carbonyl (C=O) groups is 1. The largest absolute Gasteiger partial charge is 0.397 e. The van der Waals surface area contributed by atoms with Crippen LogP contribution in [0.5, 0.6) is 0 Å². The second-order valence-corrected chi connectivity index (χ2v) is 6.68. The lowest BCUT2D eigenvalue weighted by atomic mass is 10.0. The first-order valence-electron chi connectivity index (χ1n) is 6.99. The van der Waals surface area contributed by atoms with Gasteiger partial charge in [-0.15, -0.1) is 11.3 Å². The van der Waals surface area contributed by atoms with Crippen LogP contribution in [-0.4, -0.2) is 25.7 Å². The average molecular weight is 325 g/mol. The number of anilines is 1. The first-order valence-corrected chi connectivity index (χ1v) is 8.18. The van der Waals surface area contributed by atoms with E-state index in [2.05, 4.69) is 5.32 Å². The number of thiophene rings is 1. The van der Waals surface area contributed by atoms with Crippen molar-refractivity contribution in [1.82, 2.24) is 5.32 Å². The van der Waals surface area contributed by atoms with Crippen molar-refractivity contribution in [3.8, 4) is 0 Å². The zero-order chi connectivity index (χ0) is 14.8. The highest BCUT2D eigenvalue weighted by molar-refractivity contribution is 7.21. The summed E-state index contributed by atoms with van der Waals surface area (Å²) in [4.78, 5) is 12.9. The summed E-state index contributed by atoms with van der Waals surface area (Å²) >= 11 is 7.55. The Labute approximate surface area is 132 Å². The summed E-state index contributed by atoms with van der Waals surface area (Å²) < 4.78 is 6.26. The fourth-order valence-corrected chi connectivity index (χ4v) is 3.96. The Hall–Kier alpha value is -1.30. The molecule has 3 rings (SSSR count). The van der Waals surface area contributed by atoms with Gasteiger partial charge in [-0.2, -0.15) is 0 Å². The Morgan fingerprint density at radius 3 is 2.90 bits per heavy atom. The van der Waals surface area contributed by atoms with E-state index in [0.29, 0.717) is 28.0 Å². The molecule has 0 saturated carbocycles. The third-order valence-corrected chi connectivity index (χ3v) is 5.28. The van der Waals surface area contributed by atoms with Crippen molar-refractivity contribution in [1.29, 1.82) is 0 Å². The number of hydrogen-bond donors (Lipinski definition) is 2. The minimum absolute atomic E-state index is 0.115. The SMILES string of the molecule is Nc1c(C(=O)NCC2CCOCC2)sc2cccc(Cl)c12. The molecular weight excluding hydrogens is 308 g/mol. The third kappa shape index (κ3) is 3.00. The van der Waals surface area contributed by atoms with Crippen LogP contribution in [0.2, 0.25) is 5.02 Å². The minimum Gasteiger partial charge on any atom is -0.397 e. The molecule has 1 aliphatic heterocycles. The number of nitrogens with one attached hydrogen (secondary N) is 1. The zero-order valence-corrected chi connectivity index (χ0v) is 13.1. The van der Waals surface area contributed by atoms with Gasteiger partial charge in [0.25, 0.3) is 5.91 Å². The average Bonchev–Trinajstić information content (AvgIpc) is 2.84. The Balaban J connectivity index is 1.75. The maximum absolute atomic E-state index is 12.3. The number of nitrogens with two attached hydrogens (primary N) is 1. The van der Waals surface area contributed by atoms with E-state index in [4.69, 9.17) is 22.1 Å². The standard InChI is InChI=1S/C15H17ClN2O2S/c16-10-2-1-3-11-12(10)13(17)14(21-11)15(19)18-8-9-4-6-20-7-5-9/h1-3,9H,4-8,17H2,(H,18,19). The van der Waals surface area contributed by atoms with Crippen LogP contribution in [0.15, 0.2) is 18.2 Å². The second-order valence-electron chi connectivity index (χ2n) is 5.22. The van der Waals surface area contributed by atoms with Crippen molar-refractivity contribution in [2.24, 2.45) is 5.92 Å². The number of benzene rings is 1. The Morgan fingerprint density at radius 1 is 1.43 bits per heavy atom. The quantitative estimate of drug-likeness (QED) is 0.910. The molecule has 1 fully saturated rings. The fourth-order valence-electron chi connectivity index (χ4n) is 2.57. The molecule has 0 bridgehead atoms. The molecule has 3 N–H and O–H groups in total. The molecule has 1 saturated heterocycles. The maximum Gasteiger partial charge on any atom is 0.263 e. The Kier molecular flexibility index (Phi) is 4.33. The first-order chi connectivity index (χ1) is 10.2. The van der Waals surface area contributed by atoms with Crippen LogP contribution in [0, 0.1) is 5.92 Å². The van der Waals surface area contributed by atoms with Gasteiger partial charge in [-0.25, -0.2) is 0 Å². The van der Waals surface area contributed by atoms with E-state index in [1.165, 1.54) is 11.3 Å². The van der Waals surface area contributed by atoms with Crippen molar-refractivity contribution in [2.75, 3.05) is 25.5 Å². The van der Waals surface area contributed by atoms with Crippen molar-refractivity contribution in [2.45, 2.75) is 12.8 Å². The van der Waals surface area contributed by atoms with Crippen molar-refractivity contribution < 1.29 is 9.53 Å². The highest BCUT2D eigenvalue weighted by atomic mass is 35.5. The first kappa shape index (κ1) is 14.6. The molecule has 0 radical (unpaired) electrons. The number of carbonyl (C=O) groups excluding carboxylic acids is 1. The van der Waals surface area contributed by atoms with Crippen LogP contribution in [0.25, 0.3) is 10.1 Å². The Morgan fingerprint density at radius 2 is 2.19 bits per heavy atom. The number of nitrogen functional groups attached to an aromatic ring is 1. The van der Waals surface area contributed by atoms with Crippen LogP contribution in [0.1, 0.15) is 22.5 Å². The molecule has 1 aromatic heterocycles. The van der Waals surface area contributed by atoms with Gasteiger partial charge in [0, 0.05) is 29.8 Å². The molecule has 6 heteroatoms. The fraction of sp³-hybridized carbons (Fsp3) is 0.400. The van der Waals surface area contributed by atoms with E-state index >= 15 is 0 Å². The van der Waals surface area contributed by atoms with Gasteiger partial charge in [0.1, 0.15) is 4.88 Å². The lowest BCUT2D eigenvalue weighted by Gasteiger charge is -2.22. The van der Waals surface area contributed by atoms with Crippen molar-refractivity contribution in [3.63, 3.8) is 0 Å². The zero-order valence-electron chi connectivity index (χ0n) is 11.5. The molecule has 112 valence electrons. The number of ether oxygens (including phenoxy) is 1. The van der Waals surface area contributed by atoms with Crippen LogP contribution >= 0.6 is 22.9 Å². The topological polar surface area (TPSA) is 64.4 Å². The molecule has 0 spiro atoms. The molecule has 4 nitrogen and oxygen atoms in total. The van der Waals surface area contributed by atoms with Gasteiger partial charge < -0.3 is 15.8 Å². The third-order valence-electron chi connectivity index (χ3n) is 3.80. The summed E-state index contributed by atoms with van der Waals surface area (Å²) in [6, 6.07) is 5.58. The van der Waals surface area contributed by atoms with E-state index < -0.39 is 0 Å². The maximum atomic E-state index is 12.3. The summed E-state index contributed by atoms with van der Waals surface area (Å²) in [6.45, 7) is 2.23. The number of hydrogen-bond acceptors (Lipinski definition) is 4. The van der Waals surface area contributed by atoms with E-state index in [1.807, 2.05) is 12.1 Å². The van der Waals surface area contributed by atoms with E-state index in [0.717, 1.165) is 36.1 Å². The highest BCUT2D eigenvalue weighted by Crippen LogP contribution is 2.37. The molecule has 0 unspecified atom stereocenters. The van der Waals surface area contributed by atoms with Crippen LogP contribution in [0.4, 0.5) is 5.69 Å². The van der Waals surface area contributed by atoms with Gasteiger partial charge in [-0.1, -0.05) is 17.7 Å². The summed E-state index contributed by atoms with van der Waals surface area (Å²) in [5.41, 5.74) is 6.57. The number of rotatable bonds is 3. The smallest absolute Gasteiger partial charge is 0.263 e.